The average molecular weight is 355 g/mol. The van der Waals surface area contributed by atoms with Crippen molar-refractivity contribution < 1.29 is 14.3 Å². The number of benzene rings is 2. The molecule has 0 aliphatic heterocycles. The molecule has 1 N–H and O–H groups in total. The second kappa shape index (κ2) is 9.85. The Morgan fingerprint density at radius 1 is 1.04 bits per heavy atom. The summed E-state index contributed by atoms with van der Waals surface area (Å²) in [6.45, 7) is 6.27. The van der Waals surface area contributed by atoms with E-state index in [9.17, 15) is 4.79 Å². The monoisotopic (exact) mass is 355 g/mol. The molecule has 0 aliphatic carbocycles. The number of hydrogen-bond acceptors (Lipinski definition) is 3. The van der Waals surface area contributed by atoms with Gasteiger partial charge in [0.2, 0.25) is 0 Å². The van der Waals surface area contributed by atoms with Gasteiger partial charge in [-0.3, -0.25) is 4.79 Å². The van der Waals surface area contributed by atoms with Gasteiger partial charge in [0.05, 0.1) is 13.2 Å². The van der Waals surface area contributed by atoms with Crippen molar-refractivity contribution in [1.29, 1.82) is 0 Å². The van der Waals surface area contributed by atoms with Gasteiger partial charge in [0.25, 0.3) is 5.91 Å². The third-order valence-electron chi connectivity index (χ3n) is 4.21. The van der Waals surface area contributed by atoms with E-state index in [0.29, 0.717) is 23.8 Å². The van der Waals surface area contributed by atoms with Gasteiger partial charge in [0, 0.05) is 6.07 Å². The predicted molar refractivity (Wildman–Crippen MR) is 104 cm³/mol. The van der Waals surface area contributed by atoms with Crippen LogP contribution in [-0.4, -0.2) is 19.1 Å². The van der Waals surface area contributed by atoms with Crippen LogP contribution < -0.4 is 14.8 Å². The fourth-order valence-electron chi connectivity index (χ4n) is 2.86. The molecule has 4 heteroatoms. The molecule has 2 rings (SSSR count). The second-order valence-corrected chi connectivity index (χ2v) is 6.80. The number of amides is 1. The Bertz CT molecular complexity index is 685. The summed E-state index contributed by atoms with van der Waals surface area (Å²) in [5.74, 6) is 1.72. The van der Waals surface area contributed by atoms with Crippen LogP contribution in [0.1, 0.15) is 45.2 Å². The van der Waals surface area contributed by atoms with Gasteiger partial charge in [-0.05, 0) is 36.5 Å². The summed E-state index contributed by atoms with van der Waals surface area (Å²) in [5, 5.41) is 3.17. The zero-order valence-corrected chi connectivity index (χ0v) is 16.1. The zero-order valence-electron chi connectivity index (χ0n) is 16.1. The highest BCUT2D eigenvalue weighted by Crippen LogP contribution is 2.23. The van der Waals surface area contributed by atoms with Crippen LogP contribution >= 0.6 is 0 Å². The quantitative estimate of drug-likeness (QED) is 0.706. The molecule has 0 saturated heterocycles. The Labute approximate surface area is 156 Å². The van der Waals surface area contributed by atoms with Gasteiger partial charge in [0.1, 0.15) is 11.5 Å². The lowest BCUT2D eigenvalue weighted by molar-refractivity contribution is -0.129. The van der Waals surface area contributed by atoms with Crippen LogP contribution in [0.4, 0.5) is 0 Å². The average Bonchev–Trinajstić information content (AvgIpc) is 2.66. The Hall–Kier alpha value is -2.49. The topological polar surface area (TPSA) is 47.6 Å². The van der Waals surface area contributed by atoms with Gasteiger partial charge < -0.3 is 14.8 Å². The van der Waals surface area contributed by atoms with Crippen molar-refractivity contribution in [3.05, 3.63) is 60.2 Å². The molecule has 1 amide bonds. The Kier molecular flexibility index (Phi) is 7.52. The van der Waals surface area contributed by atoms with E-state index in [1.807, 2.05) is 43.3 Å². The summed E-state index contributed by atoms with van der Waals surface area (Å²) in [4.78, 5) is 12.8. The summed E-state index contributed by atoms with van der Waals surface area (Å²) in [7, 11) is 1.61. The number of carbonyl (C=O) groups excluding carboxylic acids is 1. The molecule has 0 bridgehead atoms. The van der Waals surface area contributed by atoms with Crippen LogP contribution in [0.3, 0.4) is 0 Å². The molecule has 0 saturated carbocycles. The number of rotatable bonds is 9. The summed E-state index contributed by atoms with van der Waals surface area (Å²) in [6.07, 6.45) is 0.929. The lowest BCUT2D eigenvalue weighted by atomic mass is 9.96. The van der Waals surface area contributed by atoms with Gasteiger partial charge in [0.15, 0.2) is 6.10 Å². The smallest absolute Gasteiger partial charge is 0.261 e. The maximum Gasteiger partial charge on any atom is 0.261 e. The third-order valence-corrected chi connectivity index (χ3v) is 4.21. The van der Waals surface area contributed by atoms with Crippen LogP contribution in [0.15, 0.2) is 54.6 Å². The summed E-state index contributed by atoms with van der Waals surface area (Å²) in [5.41, 5.74) is 1.12. The van der Waals surface area contributed by atoms with E-state index >= 15 is 0 Å². The first-order chi connectivity index (χ1) is 12.5. The minimum absolute atomic E-state index is 0.0216. The molecular weight excluding hydrogens is 326 g/mol. The number of carbonyl (C=O) groups is 1. The molecule has 26 heavy (non-hydrogen) atoms. The molecule has 2 aromatic carbocycles. The lowest BCUT2D eigenvalue weighted by Gasteiger charge is -2.24. The second-order valence-electron chi connectivity index (χ2n) is 6.80. The normalized spacial score (nSPS) is 13.1. The van der Waals surface area contributed by atoms with Crippen molar-refractivity contribution in [3.63, 3.8) is 0 Å². The van der Waals surface area contributed by atoms with Crippen molar-refractivity contribution in [1.82, 2.24) is 5.32 Å². The van der Waals surface area contributed by atoms with Crippen molar-refractivity contribution in [3.8, 4) is 11.5 Å². The van der Waals surface area contributed by atoms with Crippen molar-refractivity contribution in [2.75, 3.05) is 7.11 Å². The van der Waals surface area contributed by atoms with Gasteiger partial charge in [-0.15, -0.1) is 0 Å². The summed E-state index contributed by atoms with van der Waals surface area (Å²) < 4.78 is 11.1. The molecule has 0 unspecified atom stereocenters. The summed E-state index contributed by atoms with van der Waals surface area (Å²) in [6, 6.07) is 17.4. The Morgan fingerprint density at radius 3 is 2.35 bits per heavy atom. The van der Waals surface area contributed by atoms with Crippen LogP contribution in [0, 0.1) is 5.92 Å². The first-order valence-electron chi connectivity index (χ1n) is 9.19. The molecule has 2 atom stereocenters. The molecule has 4 nitrogen and oxygen atoms in total. The van der Waals surface area contributed by atoms with Gasteiger partial charge in [-0.1, -0.05) is 57.2 Å². The van der Waals surface area contributed by atoms with Gasteiger partial charge in [-0.25, -0.2) is 0 Å². The molecule has 0 aliphatic rings. The first-order valence-corrected chi connectivity index (χ1v) is 9.19. The molecular formula is C22H29NO3. The van der Waals surface area contributed by atoms with E-state index in [1.165, 1.54) is 0 Å². The van der Waals surface area contributed by atoms with E-state index in [-0.39, 0.29) is 11.9 Å². The van der Waals surface area contributed by atoms with E-state index in [4.69, 9.17) is 9.47 Å². The highest BCUT2D eigenvalue weighted by molar-refractivity contribution is 5.81. The molecule has 140 valence electrons. The van der Waals surface area contributed by atoms with Crippen LogP contribution in [0.25, 0.3) is 0 Å². The highest BCUT2D eigenvalue weighted by Gasteiger charge is 2.23. The number of nitrogens with one attached hydrogen (secondary N) is 1. The highest BCUT2D eigenvalue weighted by atomic mass is 16.5. The maximum absolute atomic E-state index is 12.8. The molecule has 0 aromatic heterocycles. The molecule has 2 aromatic rings. The first kappa shape index (κ1) is 19.8. The van der Waals surface area contributed by atoms with Gasteiger partial charge in [-0.2, -0.15) is 0 Å². The minimum atomic E-state index is -0.541. The van der Waals surface area contributed by atoms with Crippen molar-refractivity contribution in [2.45, 2.75) is 45.8 Å². The third kappa shape index (κ3) is 5.80. The van der Waals surface area contributed by atoms with Crippen LogP contribution in [0.5, 0.6) is 11.5 Å². The molecule has 0 fully saturated rings. The SMILES string of the molecule is CC[C@H](Oc1cccc(OC)c1)C(=O)N[C@H](CC(C)C)c1ccccc1. The number of hydrogen-bond donors (Lipinski definition) is 1. The van der Waals surface area contributed by atoms with Crippen LogP contribution in [-0.2, 0) is 4.79 Å². The molecule has 0 heterocycles. The van der Waals surface area contributed by atoms with E-state index in [0.717, 1.165) is 12.0 Å². The standard InChI is InChI=1S/C22H29NO3/c1-5-21(26-19-13-9-12-18(15-19)25-4)22(24)23-20(14-16(2)3)17-10-7-6-8-11-17/h6-13,15-16,20-21H,5,14H2,1-4H3,(H,23,24)/t20-,21+/m1/s1. The fourth-order valence-corrected chi connectivity index (χ4v) is 2.86. The molecule has 0 spiro atoms. The van der Waals surface area contributed by atoms with E-state index in [2.05, 4.69) is 31.3 Å². The lowest BCUT2D eigenvalue weighted by Crippen LogP contribution is -2.40. The number of methoxy groups -OCH3 is 1. The van der Waals surface area contributed by atoms with Crippen molar-refractivity contribution in [2.24, 2.45) is 5.92 Å². The zero-order chi connectivity index (χ0) is 18.9. The Morgan fingerprint density at radius 2 is 1.73 bits per heavy atom. The van der Waals surface area contributed by atoms with Crippen LogP contribution in [0.2, 0.25) is 0 Å². The minimum Gasteiger partial charge on any atom is -0.497 e. The molecule has 0 radical (unpaired) electrons. The van der Waals surface area contributed by atoms with E-state index < -0.39 is 6.10 Å². The fraction of sp³-hybridized carbons (Fsp3) is 0.409. The van der Waals surface area contributed by atoms with Gasteiger partial charge >= 0.3 is 0 Å². The predicted octanol–water partition coefficient (Wildman–Crippen LogP) is 4.76. The van der Waals surface area contributed by atoms with Crippen molar-refractivity contribution >= 4 is 5.91 Å². The Balaban J connectivity index is 2.09. The van der Waals surface area contributed by atoms with E-state index in [1.54, 1.807) is 13.2 Å². The summed E-state index contributed by atoms with van der Waals surface area (Å²) >= 11 is 0. The largest absolute Gasteiger partial charge is 0.497 e. The number of ether oxygens (including phenoxy) is 2. The maximum atomic E-state index is 12.8.